The maximum Gasteiger partial charge on any atom is 0.416 e. The fourth-order valence-corrected chi connectivity index (χ4v) is 2.55. The molecular weight excluding hydrogens is 387 g/mol. The summed E-state index contributed by atoms with van der Waals surface area (Å²) in [6.07, 6.45) is -4.17. The number of aryl methyl sites for hydroxylation is 1. The minimum Gasteiger partial charge on any atom is -0.497 e. The Morgan fingerprint density at radius 1 is 1.14 bits per heavy atom. The molecule has 0 atom stereocenters. The first-order valence-corrected chi connectivity index (χ1v) is 8.75. The molecule has 1 N–H and O–H groups in total. The molecule has 0 aliphatic carbocycles. The molecule has 0 saturated heterocycles. The molecule has 0 aliphatic rings. The van der Waals surface area contributed by atoms with Gasteiger partial charge in [-0.15, -0.1) is 10.2 Å². The number of methoxy groups -OCH3 is 1. The van der Waals surface area contributed by atoms with E-state index < -0.39 is 11.7 Å². The molecule has 0 fully saturated rings. The van der Waals surface area contributed by atoms with Crippen LogP contribution in [0.3, 0.4) is 0 Å². The largest absolute Gasteiger partial charge is 0.497 e. The third-order valence-electron chi connectivity index (χ3n) is 4.12. The van der Waals surface area contributed by atoms with Gasteiger partial charge in [-0.2, -0.15) is 13.2 Å². The third-order valence-corrected chi connectivity index (χ3v) is 4.12. The summed E-state index contributed by atoms with van der Waals surface area (Å²) in [5, 5.41) is 10.3. The van der Waals surface area contributed by atoms with Crippen LogP contribution in [-0.4, -0.2) is 23.2 Å². The average molecular weight is 405 g/mol. The van der Waals surface area contributed by atoms with Gasteiger partial charge < -0.3 is 14.5 Å². The van der Waals surface area contributed by atoms with Crippen LogP contribution < -0.4 is 10.1 Å². The number of aromatic nitrogens is 2. The van der Waals surface area contributed by atoms with Crippen molar-refractivity contribution in [3.63, 3.8) is 0 Å². The molecule has 0 aliphatic heterocycles. The number of nitrogens with zero attached hydrogens (tertiary/aromatic N) is 2. The maximum atomic E-state index is 12.8. The predicted octanol–water partition coefficient (Wildman–Crippen LogP) is 4.01. The smallest absolute Gasteiger partial charge is 0.416 e. The highest BCUT2D eigenvalue weighted by Crippen LogP contribution is 2.31. The van der Waals surface area contributed by atoms with Gasteiger partial charge in [0.15, 0.2) is 0 Å². The minimum atomic E-state index is -4.46. The maximum absolute atomic E-state index is 12.8. The van der Waals surface area contributed by atoms with Crippen LogP contribution in [-0.2, 0) is 23.9 Å². The van der Waals surface area contributed by atoms with Gasteiger partial charge in [0, 0.05) is 24.9 Å². The van der Waals surface area contributed by atoms with Crippen molar-refractivity contribution >= 4 is 5.91 Å². The highest BCUT2D eigenvalue weighted by molar-refractivity contribution is 5.76. The quantitative estimate of drug-likeness (QED) is 0.643. The topological polar surface area (TPSA) is 77.2 Å². The highest BCUT2D eigenvalue weighted by Gasteiger charge is 2.30. The molecule has 3 aromatic rings. The molecule has 0 saturated carbocycles. The summed E-state index contributed by atoms with van der Waals surface area (Å²) in [5.74, 6) is 0.675. The van der Waals surface area contributed by atoms with Gasteiger partial charge in [0.05, 0.1) is 12.7 Å². The standard InChI is InChI=1S/C20H18F3N3O3/c1-28-16-7-5-13(6-8-16)12-24-17(27)9-10-18-25-26-19(29-18)14-3-2-4-15(11-14)20(21,22)23/h2-8,11H,9-10,12H2,1H3,(H,24,27). The van der Waals surface area contributed by atoms with Crippen molar-refractivity contribution in [2.45, 2.75) is 25.6 Å². The van der Waals surface area contributed by atoms with E-state index in [-0.39, 0.29) is 36.1 Å². The van der Waals surface area contributed by atoms with Crippen molar-refractivity contribution in [2.75, 3.05) is 7.11 Å². The SMILES string of the molecule is COc1ccc(CNC(=O)CCc2nnc(-c3cccc(C(F)(F)F)c3)o2)cc1. The number of ether oxygens (including phenoxy) is 1. The molecule has 3 rings (SSSR count). The summed E-state index contributed by atoms with van der Waals surface area (Å²) in [7, 11) is 1.58. The van der Waals surface area contributed by atoms with Crippen LogP contribution in [0.4, 0.5) is 13.2 Å². The van der Waals surface area contributed by atoms with Gasteiger partial charge in [0.25, 0.3) is 0 Å². The van der Waals surface area contributed by atoms with Crippen LogP contribution >= 0.6 is 0 Å². The monoisotopic (exact) mass is 405 g/mol. The van der Waals surface area contributed by atoms with Crippen LogP contribution in [0.5, 0.6) is 5.75 Å². The van der Waals surface area contributed by atoms with Crippen LogP contribution in [0.2, 0.25) is 0 Å². The number of halogens is 3. The first-order chi connectivity index (χ1) is 13.8. The number of amides is 1. The van der Waals surface area contributed by atoms with Gasteiger partial charge in [-0.25, -0.2) is 0 Å². The lowest BCUT2D eigenvalue weighted by Gasteiger charge is -2.06. The summed E-state index contributed by atoms with van der Waals surface area (Å²) < 4.78 is 48.9. The second-order valence-corrected chi connectivity index (χ2v) is 6.20. The van der Waals surface area contributed by atoms with Gasteiger partial charge in [-0.05, 0) is 35.9 Å². The second-order valence-electron chi connectivity index (χ2n) is 6.20. The van der Waals surface area contributed by atoms with E-state index in [1.165, 1.54) is 12.1 Å². The third kappa shape index (κ3) is 5.56. The fourth-order valence-electron chi connectivity index (χ4n) is 2.55. The zero-order chi connectivity index (χ0) is 20.9. The Bertz CT molecular complexity index is 969. The molecule has 0 spiro atoms. The van der Waals surface area contributed by atoms with Crippen molar-refractivity contribution < 1.29 is 27.1 Å². The Labute approximate surface area is 164 Å². The summed E-state index contributed by atoms with van der Waals surface area (Å²) >= 11 is 0. The summed E-state index contributed by atoms with van der Waals surface area (Å²) in [4.78, 5) is 12.0. The van der Waals surface area contributed by atoms with E-state index >= 15 is 0 Å². The Kier molecular flexibility index (Phi) is 6.16. The highest BCUT2D eigenvalue weighted by atomic mass is 19.4. The van der Waals surface area contributed by atoms with E-state index in [1.54, 1.807) is 19.2 Å². The number of hydrogen-bond donors (Lipinski definition) is 1. The Morgan fingerprint density at radius 2 is 1.90 bits per heavy atom. The molecule has 1 aromatic heterocycles. The normalized spacial score (nSPS) is 11.3. The van der Waals surface area contributed by atoms with E-state index in [4.69, 9.17) is 9.15 Å². The van der Waals surface area contributed by atoms with E-state index in [9.17, 15) is 18.0 Å². The average Bonchev–Trinajstić information content (AvgIpc) is 3.20. The summed E-state index contributed by atoms with van der Waals surface area (Å²) in [6.45, 7) is 0.363. The lowest BCUT2D eigenvalue weighted by atomic mass is 10.1. The number of hydrogen-bond acceptors (Lipinski definition) is 5. The number of rotatable bonds is 7. The van der Waals surface area contributed by atoms with E-state index in [2.05, 4.69) is 15.5 Å². The van der Waals surface area contributed by atoms with Gasteiger partial charge in [0.1, 0.15) is 5.75 Å². The Morgan fingerprint density at radius 3 is 2.59 bits per heavy atom. The molecule has 0 unspecified atom stereocenters. The van der Waals surface area contributed by atoms with Crippen molar-refractivity contribution in [3.8, 4) is 17.2 Å². The number of nitrogens with one attached hydrogen (secondary N) is 1. The molecule has 6 nitrogen and oxygen atoms in total. The molecule has 9 heteroatoms. The van der Waals surface area contributed by atoms with Gasteiger partial charge >= 0.3 is 6.18 Å². The van der Waals surface area contributed by atoms with Gasteiger partial charge in [0.2, 0.25) is 17.7 Å². The van der Waals surface area contributed by atoms with Crippen molar-refractivity contribution in [1.29, 1.82) is 0 Å². The van der Waals surface area contributed by atoms with Gasteiger partial charge in [-0.1, -0.05) is 18.2 Å². The molecule has 2 aromatic carbocycles. The van der Waals surface area contributed by atoms with E-state index in [1.807, 2.05) is 12.1 Å². The summed E-state index contributed by atoms with van der Waals surface area (Å²) in [5.41, 5.74) is 0.291. The molecule has 29 heavy (non-hydrogen) atoms. The lowest BCUT2D eigenvalue weighted by Crippen LogP contribution is -2.23. The molecule has 0 radical (unpaired) electrons. The number of benzene rings is 2. The van der Waals surface area contributed by atoms with E-state index in [0.29, 0.717) is 6.54 Å². The summed E-state index contributed by atoms with van der Waals surface area (Å²) in [6, 6.07) is 11.9. The Balaban J connectivity index is 1.53. The molecule has 1 amide bonds. The molecular formula is C20H18F3N3O3. The minimum absolute atomic E-state index is 0.0234. The zero-order valence-electron chi connectivity index (χ0n) is 15.5. The first-order valence-electron chi connectivity index (χ1n) is 8.75. The van der Waals surface area contributed by atoms with Crippen molar-refractivity contribution in [2.24, 2.45) is 0 Å². The molecule has 0 bridgehead atoms. The van der Waals surface area contributed by atoms with Crippen molar-refractivity contribution in [1.82, 2.24) is 15.5 Å². The molecule has 1 heterocycles. The van der Waals surface area contributed by atoms with Crippen LogP contribution in [0.25, 0.3) is 11.5 Å². The Hall–Kier alpha value is -3.36. The van der Waals surface area contributed by atoms with Crippen molar-refractivity contribution in [3.05, 3.63) is 65.5 Å². The zero-order valence-corrected chi connectivity index (χ0v) is 15.5. The predicted molar refractivity (Wildman–Crippen MR) is 97.9 cm³/mol. The number of carbonyl (C=O) groups excluding carboxylic acids is 1. The van der Waals surface area contributed by atoms with Crippen LogP contribution in [0.15, 0.2) is 52.9 Å². The second kappa shape index (κ2) is 8.76. The lowest BCUT2D eigenvalue weighted by molar-refractivity contribution is -0.137. The van der Waals surface area contributed by atoms with Gasteiger partial charge in [-0.3, -0.25) is 4.79 Å². The van der Waals surface area contributed by atoms with Crippen LogP contribution in [0.1, 0.15) is 23.4 Å². The number of alkyl halides is 3. The molecule has 152 valence electrons. The fraction of sp³-hybridized carbons (Fsp3) is 0.250. The first kappa shape index (κ1) is 20.4. The van der Waals surface area contributed by atoms with Crippen LogP contribution in [0, 0.1) is 0 Å². The van der Waals surface area contributed by atoms with E-state index in [0.717, 1.165) is 23.4 Å². The number of carbonyl (C=O) groups is 1.